The van der Waals surface area contributed by atoms with Crippen LogP contribution in [-0.2, 0) is 6.54 Å². The second-order valence-electron chi connectivity index (χ2n) is 13.8. The zero-order chi connectivity index (χ0) is 32.7. The van der Waals surface area contributed by atoms with E-state index in [1.165, 1.54) is 42.3 Å². The molecule has 8 nitrogen and oxygen atoms in total. The molecule has 0 atom stereocenters. The summed E-state index contributed by atoms with van der Waals surface area (Å²) in [4.78, 5) is 20.7. The normalized spacial score (nSPS) is 19.0. The monoisotopic (exact) mass is 643 g/mol. The molecule has 250 valence electrons. The van der Waals surface area contributed by atoms with Gasteiger partial charge >= 0.3 is 0 Å². The van der Waals surface area contributed by atoms with Gasteiger partial charge < -0.3 is 20.4 Å². The number of piperidine rings is 1. The minimum Gasteiger partial charge on any atom is -0.408 e. The Hall–Kier alpha value is -4.40. The van der Waals surface area contributed by atoms with Crippen LogP contribution in [0.5, 0.6) is 5.75 Å². The Kier molecular flexibility index (Phi) is 10.2. The van der Waals surface area contributed by atoms with Crippen molar-refractivity contribution in [3.05, 3.63) is 96.6 Å². The van der Waals surface area contributed by atoms with Crippen molar-refractivity contribution in [2.24, 2.45) is 11.8 Å². The van der Waals surface area contributed by atoms with Gasteiger partial charge in [-0.25, -0.2) is 4.98 Å². The number of fused-ring (bicyclic) bond motifs is 2. The molecule has 1 aromatic heterocycles. The van der Waals surface area contributed by atoms with Gasteiger partial charge in [-0.3, -0.25) is 4.90 Å². The standard InChI is InChI=1S/C40H49N7O/c1-46(2)37-16-8-14-34-33(37)13-9-17-38(34)48-42-27-30-20-18-29(19-21-30)26-41-40-44-36-15-7-6-12-35(36)39(45-40)43-32-22-24-47(25-23-32)28-31-10-4-3-5-11-31/h3-17,29-30,32,42H,18-28H2,1-2H3,(H2,41,43,44,45). The summed E-state index contributed by atoms with van der Waals surface area (Å²) >= 11 is 0. The maximum Gasteiger partial charge on any atom is 0.225 e. The smallest absolute Gasteiger partial charge is 0.225 e. The summed E-state index contributed by atoms with van der Waals surface area (Å²) in [6.07, 6.45) is 6.99. The topological polar surface area (TPSA) is 77.6 Å². The summed E-state index contributed by atoms with van der Waals surface area (Å²) in [5.74, 6) is 3.78. The zero-order valence-electron chi connectivity index (χ0n) is 28.4. The molecular weight excluding hydrogens is 594 g/mol. The van der Waals surface area contributed by atoms with Crippen molar-refractivity contribution < 1.29 is 4.84 Å². The van der Waals surface area contributed by atoms with Crippen molar-refractivity contribution in [1.82, 2.24) is 20.3 Å². The first-order valence-electron chi connectivity index (χ1n) is 17.7. The fourth-order valence-electron chi connectivity index (χ4n) is 7.39. The van der Waals surface area contributed by atoms with Crippen molar-refractivity contribution in [3.8, 4) is 5.75 Å². The van der Waals surface area contributed by atoms with Crippen molar-refractivity contribution in [3.63, 3.8) is 0 Å². The summed E-state index contributed by atoms with van der Waals surface area (Å²) in [7, 11) is 4.16. The summed E-state index contributed by atoms with van der Waals surface area (Å²) < 4.78 is 0. The van der Waals surface area contributed by atoms with E-state index in [1.54, 1.807) is 0 Å². The molecule has 3 N–H and O–H groups in total. The van der Waals surface area contributed by atoms with E-state index in [2.05, 4.69) is 125 Å². The molecule has 5 aromatic rings. The molecule has 2 aliphatic rings. The van der Waals surface area contributed by atoms with Gasteiger partial charge in [0.1, 0.15) is 5.82 Å². The summed E-state index contributed by atoms with van der Waals surface area (Å²) in [5.41, 5.74) is 6.86. The van der Waals surface area contributed by atoms with E-state index >= 15 is 0 Å². The van der Waals surface area contributed by atoms with Crippen LogP contribution in [0.3, 0.4) is 0 Å². The first-order chi connectivity index (χ1) is 23.6. The SMILES string of the molecule is CN(C)c1cccc2c(ONCC3CCC(CNc4nc(NC5CCN(Cc6ccccc6)CC5)c5ccccc5n4)CC3)cccc12. The Morgan fingerprint density at radius 3 is 2.19 bits per heavy atom. The average Bonchev–Trinajstić information content (AvgIpc) is 3.12. The fraction of sp³-hybridized carbons (Fsp3) is 0.400. The van der Waals surface area contributed by atoms with Crippen LogP contribution < -0.4 is 25.9 Å². The van der Waals surface area contributed by atoms with Crippen LogP contribution in [0.1, 0.15) is 44.1 Å². The highest BCUT2D eigenvalue weighted by atomic mass is 16.6. The van der Waals surface area contributed by atoms with E-state index in [1.807, 2.05) is 6.07 Å². The Morgan fingerprint density at radius 2 is 1.40 bits per heavy atom. The number of benzene rings is 4. The highest BCUT2D eigenvalue weighted by Crippen LogP contribution is 2.33. The van der Waals surface area contributed by atoms with Crippen molar-refractivity contribution >= 4 is 39.1 Å². The third kappa shape index (κ3) is 7.83. The van der Waals surface area contributed by atoms with E-state index < -0.39 is 0 Å². The highest BCUT2D eigenvalue weighted by molar-refractivity contribution is 5.97. The molecule has 2 fully saturated rings. The van der Waals surface area contributed by atoms with Crippen LogP contribution in [0, 0.1) is 11.8 Å². The molecule has 1 aliphatic heterocycles. The molecule has 1 saturated carbocycles. The molecule has 8 heteroatoms. The van der Waals surface area contributed by atoms with Crippen molar-refractivity contribution in [1.29, 1.82) is 0 Å². The molecule has 0 amide bonds. The molecular formula is C40H49N7O. The zero-order valence-corrected chi connectivity index (χ0v) is 28.4. The summed E-state index contributed by atoms with van der Waals surface area (Å²) in [6.45, 7) is 4.96. The Balaban J connectivity index is 0.887. The number of hydrogen-bond acceptors (Lipinski definition) is 8. The van der Waals surface area contributed by atoms with Crippen LogP contribution in [0.25, 0.3) is 21.7 Å². The number of anilines is 3. The number of nitrogens with one attached hydrogen (secondary N) is 3. The Labute approximate surface area is 284 Å². The van der Waals surface area contributed by atoms with Gasteiger partial charge in [0.05, 0.1) is 5.52 Å². The lowest BCUT2D eigenvalue weighted by atomic mass is 9.82. The fourth-order valence-corrected chi connectivity index (χ4v) is 7.39. The minimum atomic E-state index is 0.409. The first-order valence-corrected chi connectivity index (χ1v) is 17.7. The van der Waals surface area contributed by atoms with Crippen molar-refractivity contribution in [2.75, 3.05) is 55.8 Å². The lowest BCUT2D eigenvalue weighted by Gasteiger charge is -2.33. The second kappa shape index (κ2) is 15.2. The van der Waals surface area contributed by atoms with Gasteiger partial charge in [0, 0.05) is 74.7 Å². The average molecular weight is 644 g/mol. The third-order valence-corrected chi connectivity index (χ3v) is 10.2. The van der Waals surface area contributed by atoms with Crippen molar-refractivity contribution in [2.45, 2.75) is 51.1 Å². The molecule has 1 aliphatic carbocycles. The van der Waals surface area contributed by atoms with E-state index in [0.717, 1.165) is 79.4 Å². The molecule has 0 spiro atoms. The van der Waals surface area contributed by atoms with Crippen LogP contribution in [0.4, 0.5) is 17.5 Å². The lowest BCUT2D eigenvalue weighted by molar-refractivity contribution is 0.157. The summed E-state index contributed by atoms with van der Waals surface area (Å²) in [6, 6.07) is 32.2. The molecule has 48 heavy (non-hydrogen) atoms. The highest BCUT2D eigenvalue weighted by Gasteiger charge is 2.23. The maximum atomic E-state index is 6.11. The van der Waals surface area contributed by atoms with Crippen LogP contribution in [-0.4, -0.2) is 61.2 Å². The Bertz CT molecular complexity index is 1780. The third-order valence-electron chi connectivity index (χ3n) is 10.2. The van der Waals surface area contributed by atoms with Crippen LogP contribution >= 0.6 is 0 Å². The number of hydrogen-bond donors (Lipinski definition) is 3. The van der Waals surface area contributed by atoms with Crippen LogP contribution in [0.2, 0.25) is 0 Å². The maximum absolute atomic E-state index is 6.11. The largest absolute Gasteiger partial charge is 0.408 e. The number of likely N-dealkylation sites (tertiary alicyclic amines) is 1. The quantitative estimate of drug-likeness (QED) is 0.119. The molecule has 2 heterocycles. The predicted octanol–water partition coefficient (Wildman–Crippen LogP) is 7.73. The number of nitrogens with zero attached hydrogens (tertiary/aromatic N) is 4. The number of aromatic nitrogens is 2. The summed E-state index contributed by atoms with van der Waals surface area (Å²) in [5, 5.41) is 10.8. The Morgan fingerprint density at radius 1 is 0.708 bits per heavy atom. The number of para-hydroxylation sites is 1. The molecule has 0 bridgehead atoms. The van der Waals surface area contributed by atoms with Gasteiger partial charge in [-0.1, -0.05) is 66.7 Å². The molecule has 7 rings (SSSR count). The lowest BCUT2D eigenvalue weighted by Crippen LogP contribution is -2.38. The van der Waals surface area contributed by atoms with Gasteiger partial charge in [0.2, 0.25) is 5.95 Å². The second-order valence-corrected chi connectivity index (χ2v) is 13.8. The van der Waals surface area contributed by atoms with E-state index in [9.17, 15) is 0 Å². The molecule has 0 radical (unpaired) electrons. The van der Waals surface area contributed by atoms with E-state index in [-0.39, 0.29) is 0 Å². The molecule has 4 aromatic carbocycles. The van der Waals surface area contributed by atoms with E-state index in [4.69, 9.17) is 14.8 Å². The predicted molar refractivity (Wildman–Crippen MR) is 199 cm³/mol. The minimum absolute atomic E-state index is 0.409. The molecule has 1 saturated heterocycles. The first kappa shape index (κ1) is 32.2. The van der Waals surface area contributed by atoms with Gasteiger partial charge in [-0.2, -0.15) is 10.5 Å². The number of hydroxylamine groups is 1. The van der Waals surface area contributed by atoms with E-state index in [0.29, 0.717) is 17.9 Å². The van der Waals surface area contributed by atoms with Crippen LogP contribution in [0.15, 0.2) is 91.0 Å². The van der Waals surface area contributed by atoms with Gasteiger partial charge in [0.25, 0.3) is 0 Å². The van der Waals surface area contributed by atoms with Gasteiger partial charge in [0.15, 0.2) is 5.75 Å². The number of rotatable bonds is 12. The van der Waals surface area contributed by atoms with Gasteiger partial charge in [-0.05, 0) is 80.2 Å². The van der Waals surface area contributed by atoms with Gasteiger partial charge in [-0.15, -0.1) is 0 Å². The molecule has 0 unspecified atom stereocenters.